The zero-order valence-electron chi connectivity index (χ0n) is 18.7. The monoisotopic (exact) mass is 466 g/mol. The van der Waals surface area contributed by atoms with Crippen LogP contribution >= 0.6 is 0 Å². The van der Waals surface area contributed by atoms with Crippen LogP contribution in [0.25, 0.3) is 0 Å². The number of benzene rings is 2. The molecule has 4 nitrogen and oxygen atoms in total. The van der Waals surface area contributed by atoms with Gasteiger partial charge in [-0.3, -0.25) is 0 Å². The van der Waals surface area contributed by atoms with Crippen molar-refractivity contribution in [1.82, 2.24) is 10.2 Å². The van der Waals surface area contributed by atoms with E-state index in [9.17, 15) is 17.6 Å². The smallest absolute Gasteiger partial charge is 0.496 e. The largest absolute Gasteiger partial charge is 0.573 e. The van der Waals surface area contributed by atoms with Gasteiger partial charge in [-0.1, -0.05) is 12.1 Å². The van der Waals surface area contributed by atoms with Crippen molar-refractivity contribution in [2.45, 2.75) is 50.6 Å². The first-order valence-corrected chi connectivity index (χ1v) is 11.5. The summed E-state index contributed by atoms with van der Waals surface area (Å²) in [5.74, 6) is 0.610. The molecule has 180 valence electrons. The van der Waals surface area contributed by atoms with Gasteiger partial charge in [0.05, 0.1) is 7.11 Å². The number of methoxy groups -OCH3 is 1. The zero-order valence-corrected chi connectivity index (χ0v) is 18.7. The number of nitrogens with one attached hydrogen (secondary N) is 1. The predicted molar refractivity (Wildman–Crippen MR) is 118 cm³/mol. The second kappa shape index (κ2) is 10.3. The third-order valence-electron chi connectivity index (χ3n) is 6.78. The molecule has 1 N–H and O–H groups in total. The molecule has 1 heterocycles. The molecule has 2 aromatic rings. The summed E-state index contributed by atoms with van der Waals surface area (Å²) in [4.78, 5) is 2.50. The maximum Gasteiger partial charge on any atom is 0.573 e. The summed E-state index contributed by atoms with van der Waals surface area (Å²) in [6.07, 6.45) is -0.301. The number of likely N-dealkylation sites (tertiary alicyclic amines) is 1. The van der Waals surface area contributed by atoms with Crippen molar-refractivity contribution in [3.05, 3.63) is 59.4 Å². The van der Waals surface area contributed by atoms with Gasteiger partial charge in [-0.15, -0.1) is 13.2 Å². The highest BCUT2D eigenvalue weighted by Crippen LogP contribution is 2.41. The normalized spacial score (nSPS) is 23.7. The predicted octanol–water partition coefficient (Wildman–Crippen LogP) is 5.48. The van der Waals surface area contributed by atoms with Crippen LogP contribution < -0.4 is 14.8 Å². The van der Waals surface area contributed by atoms with Gasteiger partial charge in [0.1, 0.15) is 17.3 Å². The molecule has 0 aromatic heterocycles. The Morgan fingerprint density at radius 2 is 1.76 bits per heavy atom. The van der Waals surface area contributed by atoms with Crippen molar-refractivity contribution in [3.63, 3.8) is 0 Å². The Kier molecular flexibility index (Phi) is 7.44. The average Bonchev–Trinajstić information content (AvgIpc) is 3.42. The molecular weight excluding hydrogens is 436 g/mol. The summed E-state index contributed by atoms with van der Waals surface area (Å²) in [6, 6.07) is 10.9. The molecule has 0 radical (unpaired) electrons. The van der Waals surface area contributed by atoms with E-state index in [1.165, 1.54) is 50.3 Å². The van der Waals surface area contributed by atoms with Crippen molar-refractivity contribution in [3.8, 4) is 11.5 Å². The topological polar surface area (TPSA) is 33.7 Å². The lowest BCUT2D eigenvalue weighted by Gasteiger charge is -2.29. The lowest BCUT2D eigenvalue weighted by Crippen LogP contribution is -2.35. The lowest BCUT2D eigenvalue weighted by molar-refractivity contribution is -0.274. The molecule has 2 aromatic carbocycles. The van der Waals surface area contributed by atoms with E-state index in [-0.39, 0.29) is 23.5 Å². The van der Waals surface area contributed by atoms with E-state index in [0.29, 0.717) is 23.8 Å². The molecule has 4 rings (SSSR count). The first-order valence-electron chi connectivity index (χ1n) is 11.5. The molecule has 1 saturated heterocycles. The Bertz CT molecular complexity index is 914. The molecule has 1 aliphatic carbocycles. The Morgan fingerprint density at radius 1 is 1.03 bits per heavy atom. The van der Waals surface area contributed by atoms with E-state index in [1.54, 1.807) is 0 Å². The van der Waals surface area contributed by atoms with E-state index >= 15 is 0 Å². The number of rotatable bonds is 8. The van der Waals surface area contributed by atoms with E-state index in [0.717, 1.165) is 38.0 Å². The van der Waals surface area contributed by atoms with E-state index < -0.39 is 6.36 Å². The first kappa shape index (κ1) is 23.8. The van der Waals surface area contributed by atoms with Gasteiger partial charge in [0.15, 0.2) is 0 Å². The van der Waals surface area contributed by atoms with Crippen molar-refractivity contribution >= 4 is 0 Å². The van der Waals surface area contributed by atoms with Crippen LogP contribution in [0.3, 0.4) is 0 Å². The minimum absolute atomic E-state index is 0.125. The summed E-state index contributed by atoms with van der Waals surface area (Å²) in [7, 11) is 1.49. The molecule has 8 heteroatoms. The fourth-order valence-corrected chi connectivity index (χ4v) is 5.33. The van der Waals surface area contributed by atoms with Gasteiger partial charge in [0, 0.05) is 30.6 Å². The summed E-state index contributed by atoms with van der Waals surface area (Å²) in [5.41, 5.74) is 1.69. The standard InChI is InChI=1S/C25H30F4N2O2/c1-32-23-11-9-21(33-25(27,28)29)14-19(23)15-30-22-10-6-18(16-31-12-2-3-13-31)24(22)17-4-7-20(26)8-5-17/h4-5,7-9,11,14,18,22,24,30H,2-3,6,10,12-13,15-16H2,1H3/t18-,22+,24-/m1/s1. The maximum absolute atomic E-state index is 13.6. The van der Waals surface area contributed by atoms with Crippen molar-refractivity contribution in [2.24, 2.45) is 5.92 Å². The SMILES string of the molecule is COc1ccc(OC(F)(F)F)cc1CN[C@H]1CC[C@H](CN2CCCC2)[C@H]1c1ccc(F)cc1. The Labute approximate surface area is 191 Å². The minimum Gasteiger partial charge on any atom is -0.496 e. The number of halogens is 4. The minimum atomic E-state index is -4.75. The van der Waals surface area contributed by atoms with Crippen LogP contribution in [-0.4, -0.2) is 44.0 Å². The number of alkyl halides is 3. The van der Waals surface area contributed by atoms with Crippen LogP contribution in [0.15, 0.2) is 42.5 Å². The molecule has 2 fully saturated rings. The van der Waals surface area contributed by atoms with Crippen LogP contribution in [-0.2, 0) is 6.54 Å². The number of ether oxygens (including phenoxy) is 2. The fourth-order valence-electron chi connectivity index (χ4n) is 5.33. The highest BCUT2D eigenvalue weighted by Gasteiger charge is 2.38. The zero-order chi connectivity index (χ0) is 23.4. The van der Waals surface area contributed by atoms with Crippen LogP contribution in [0, 0.1) is 11.7 Å². The average molecular weight is 467 g/mol. The van der Waals surface area contributed by atoms with Crippen LogP contribution in [0.1, 0.15) is 42.7 Å². The molecule has 0 amide bonds. The van der Waals surface area contributed by atoms with Gasteiger partial charge in [-0.2, -0.15) is 0 Å². The van der Waals surface area contributed by atoms with E-state index in [4.69, 9.17) is 4.74 Å². The third kappa shape index (κ3) is 6.18. The van der Waals surface area contributed by atoms with Crippen LogP contribution in [0.2, 0.25) is 0 Å². The first-order chi connectivity index (χ1) is 15.8. The summed E-state index contributed by atoms with van der Waals surface area (Å²) < 4.78 is 61.0. The Hall–Kier alpha value is -2.32. The van der Waals surface area contributed by atoms with Crippen molar-refractivity contribution in [2.75, 3.05) is 26.7 Å². The third-order valence-corrected chi connectivity index (χ3v) is 6.78. The summed E-state index contributed by atoms with van der Waals surface area (Å²) in [5, 5.41) is 3.55. The van der Waals surface area contributed by atoms with Crippen molar-refractivity contribution in [1.29, 1.82) is 0 Å². The molecule has 3 atom stereocenters. The number of hydrogen-bond donors (Lipinski definition) is 1. The molecule has 0 unspecified atom stereocenters. The van der Waals surface area contributed by atoms with Gasteiger partial charge in [0.2, 0.25) is 0 Å². The molecule has 0 bridgehead atoms. The molecule has 0 spiro atoms. The number of nitrogens with zero attached hydrogens (tertiary/aromatic N) is 1. The fraction of sp³-hybridized carbons (Fsp3) is 0.520. The van der Waals surface area contributed by atoms with Gasteiger partial charge in [-0.25, -0.2) is 4.39 Å². The van der Waals surface area contributed by atoms with Gasteiger partial charge in [0.25, 0.3) is 0 Å². The highest BCUT2D eigenvalue weighted by molar-refractivity contribution is 5.40. The Balaban J connectivity index is 1.51. The van der Waals surface area contributed by atoms with Gasteiger partial charge < -0.3 is 19.7 Å². The molecule has 1 saturated carbocycles. The summed E-state index contributed by atoms with van der Waals surface area (Å²) >= 11 is 0. The highest BCUT2D eigenvalue weighted by atomic mass is 19.4. The van der Waals surface area contributed by atoms with Crippen LogP contribution in [0.5, 0.6) is 11.5 Å². The second-order valence-electron chi connectivity index (χ2n) is 8.93. The lowest BCUT2D eigenvalue weighted by atomic mass is 9.86. The number of hydrogen-bond acceptors (Lipinski definition) is 4. The van der Waals surface area contributed by atoms with Gasteiger partial charge >= 0.3 is 6.36 Å². The van der Waals surface area contributed by atoms with E-state index in [1.807, 2.05) is 12.1 Å². The van der Waals surface area contributed by atoms with Crippen molar-refractivity contribution < 1.29 is 27.0 Å². The van der Waals surface area contributed by atoms with E-state index in [2.05, 4.69) is 15.0 Å². The Morgan fingerprint density at radius 3 is 2.42 bits per heavy atom. The second-order valence-corrected chi connectivity index (χ2v) is 8.93. The van der Waals surface area contributed by atoms with Crippen LogP contribution in [0.4, 0.5) is 17.6 Å². The molecule has 1 aliphatic heterocycles. The maximum atomic E-state index is 13.6. The molecule has 2 aliphatic rings. The molecular formula is C25H30F4N2O2. The quantitative estimate of drug-likeness (QED) is 0.523. The van der Waals surface area contributed by atoms with Gasteiger partial charge in [-0.05, 0) is 80.6 Å². The molecule has 33 heavy (non-hydrogen) atoms. The summed E-state index contributed by atoms with van der Waals surface area (Å²) in [6.45, 7) is 3.59.